The lowest BCUT2D eigenvalue weighted by molar-refractivity contribution is -0.131. The van der Waals surface area contributed by atoms with Gasteiger partial charge < -0.3 is 10.1 Å². The second-order valence-electron chi connectivity index (χ2n) is 4.68. The minimum Gasteiger partial charge on any atom is -0.426 e. The fraction of sp³-hybridized carbons (Fsp3) is 0.118. The maximum Gasteiger partial charge on any atom is 0.308 e. The number of hydrogen-bond acceptors (Lipinski definition) is 4. The van der Waals surface area contributed by atoms with Crippen molar-refractivity contribution in [3.05, 3.63) is 59.7 Å². The van der Waals surface area contributed by atoms with Crippen molar-refractivity contribution >= 4 is 23.3 Å². The van der Waals surface area contributed by atoms with Crippen LogP contribution in [0.15, 0.2) is 48.5 Å². The molecule has 2 aromatic rings. The van der Waals surface area contributed by atoms with E-state index in [0.717, 1.165) is 0 Å². The molecule has 2 rings (SSSR count). The summed E-state index contributed by atoms with van der Waals surface area (Å²) < 4.78 is 5.01. The Morgan fingerprint density at radius 3 is 2.36 bits per heavy atom. The normalized spacial score (nSPS) is 9.91. The average Bonchev–Trinajstić information content (AvgIpc) is 2.47. The number of benzene rings is 2. The Labute approximate surface area is 127 Å². The zero-order valence-corrected chi connectivity index (χ0v) is 12.3. The monoisotopic (exact) mass is 297 g/mol. The molecule has 0 unspecified atom stereocenters. The zero-order chi connectivity index (χ0) is 16.1. The first-order chi connectivity index (χ1) is 10.5. The van der Waals surface area contributed by atoms with Gasteiger partial charge in [-0.25, -0.2) is 0 Å². The van der Waals surface area contributed by atoms with Crippen LogP contribution >= 0.6 is 0 Å². The number of carbonyl (C=O) groups excluding carboxylic acids is 3. The summed E-state index contributed by atoms with van der Waals surface area (Å²) in [4.78, 5) is 34.7. The standard InChI is InChI=1S/C17H15NO4/c1-11(19)13-6-5-7-14(10-13)18-17(21)15-8-3-4-9-16(15)22-12(2)20/h3-10H,1-2H3,(H,18,21). The van der Waals surface area contributed by atoms with Gasteiger partial charge in [0.2, 0.25) is 0 Å². The molecule has 0 saturated heterocycles. The lowest BCUT2D eigenvalue weighted by Crippen LogP contribution is -2.15. The summed E-state index contributed by atoms with van der Waals surface area (Å²) in [5, 5.41) is 2.68. The third-order valence-electron chi connectivity index (χ3n) is 2.91. The van der Waals surface area contributed by atoms with E-state index in [1.807, 2.05) is 0 Å². The van der Waals surface area contributed by atoms with E-state index in [1.165, 1.54) is 13.8 Å². The first-order valence-corrected chi connectivity index (χ1v) is 6.67. The molecule has 0 aliphatic rings. The van der Waals surface area contributed by atoms with E-state index >= 15 is 0 Å². The van der Waals surface area contributed by atoms with Gasteiger partial charge in [0.05, 0.1) is 5.56 Å². The van der Waals surface area contributed by atoms with Crippen LogP contribution in [-0.4, -0.2) is 17.7 Å². The number of esters is 1. The molecule has 0 spiro atoms. The minimum atomic E-state index is -0.501. The first kappa shape index (κ1) is 15.4. The summed E-state index contributed by atoms with van der Waals surface area (Å²) in [7, 11) is 0. The van der Waals surface area contributed by atoms with Crippen molar-refractivity contribution in [3.8, 4) is 5.75 Å². The van der Waals surface area contributed by atoms with E-state index < -0.39 is 11.9 Å². The summed E-state index contributed by atoms with van der Waals surface area (Å²) in [5.41, 5.74) is 1.24. The number of carbonyl (C=O) groups is 3. The van der Waals surface area contributed by atoms with Crippen molar-refractivity contribution in [1.29, 1.82) is 0 Å². The van der Waals surface area contributed by atoms with Crippen LogP contribution in [0.1, 0.15) is 34.6 Å². The molecular weight excluding hydrogens is 282 g/mol. The molecule has 0 aliphatic carbocycles. The van der Waals surface area contributed by atoms with E-state index in [0.29, 0.717) is 11.3 Å². The highest BCUT2D eigenvalue weighted by atomic mass is 16.5. The molecule has 22 heavy (non-hydrogen) atoms. The molecule has 1 amide bonds. The summed E-state index contributed by atoms with van der Waals surface area (Å²) in [6.07, 6.45) is 0. The van der Waals surface area contributed by atoms with Crippen LogP contribution in [-0.2, 0) is 4.79 Å². The van der Waals surface area contributed by atoms with Crippen molar-refractivity contribution in [2.24, 2.45) is 0 Å². The molecule has 0 radical (unpaired) electrons. The summed E-state index contributed by atoms with van der Waals surface area (Å²) >= 11 is 0. The molecular formula is C17H15NO4. The van der Waals surface area contributed by atoms with Crippen LogP contribution in [0, 0.1) is 0 Å². The van der Waals surface area contributed by atoms with Gasteiger partial charge in [0.25, 0.3) is 5.91 Å². The average molecular weight is 297 g/mol. The van der Waals surface area contributed by atoms with E-state index in [1.54, 1.807) is 48.5 Å². The molecule has 2 aromatic carbocycles. The zero-order valence-electron chi connectivity index (χ0n) is 12.3. The Kier molecular flexibility index (Phi) is 4.68. The predicted molar refractivity (Wildman–Crippen MR) is 82.2 cm³/mol. The van der Waals surface area contributed by atoms with Gasteiger partial charge in [-0.2, -0.15) is 0 Å². The predicted octanol–water partition coefficient (Wildman–Crippen LogP) is 3.07. The van der Waals surface area contributed by atoms with Crippen molar-refractivity contribution in [2.75, 3.05) is 5.32 Å². The highest BCUT2D eigenvalue weighted by molar-refractivity contribution is 6.07. The Hall–Kier alpha value is -2.95. The van der Waals surface area contributed by atoms with E-state index in [4.69, 9.17) is 4.74 Å². The van der Waals surface area contributed by atoms with Crippen LogP contribution in [0.5, 0.6) is 5.75 Å². The lowest BCUT2D eigenvalue weighted by Gasteiger charge is -2.10. The maximum absolute atomic E-state index is 12.3. The molecule has 0 bridgehead atoms. The molecule has 0 aliphatic heterocycles. The Balaban J connectivity index is 2.24. The molecule has 1 N–H and O–H groups in total. The van der Waals surface area contributed by atoms with Crippen molar-refractivity contribution < 1.29 is 19.1 Å². The van der Waals surface area contributed by atoms with Crippen molar-refractivity contribution in [3.63, 3.8) is 0 Å². The topological polar surface area (TPSA) is 72.5 Å². The Morgan fingerprint density at radius 1 is 0.955 bits per heavy atom. The van der Waals surface area contributed by atoms with Crippen LogP contribution in [0.4, 0.5) is 5.69 Å². The van der Waals surface area contributed by atoms with Gasteiger partial charge in [0.1, 0.15) is 5.75 Å². The molecule has 0 saturated carbocycles. The Bertz CT molecular complexity index is 737. The summed E-state index contributed by atoms with van der Waals surface area (Å²) in [5.74, 6) is -0.817. The smallest absolute Gasteiger partial charge is 0.308 e. The number of amides is 1. The number of ether oxygens (including phenoxy) is 1. The quantitative estimate of drug-likeness (QED) is 0.535. The number of Topliss-reactive ketones (excluding diaryl/α,β-unsaturated/α-hetero) is 1. The Morgan fingerprint density at radius 2 is 1.68 bits per heavy atom. The highest BCUT2D eigenvalue weighted by Gasteiger charge is 2.14. The SMILES string of the molecule is CC(=O)Oc1ccccc1C(=O)Nc1cccc(C(C)=O)c1. The summed E-state index contributed by atoms with van der Waals surface area (Å²) in [6, 6.07) is 13.1. The van der Waals surface area contributed by atoms with Crippen LogP contribution in [0.25, 0.3) is 0 Å². The van der Waals surface area contributed by atoms with Gasteiger partial charge in [-0.1, -0.05) is 24.3 Å². The fourth-order valence-corrected chi connectivity index (χ4v) is 1.91. The van der Waals surface area contributed by atoms with Crippen LogP contribution < -0.4 is 10.1 Å². The van der Waals surface area contributed by atoms with Crippen LogP contribution in [0.2, 0.25) is 0 Å². The van der Waals surface area contributed by atoms with E-state index in [9.17, 15) is 14.4 Å². The third-order valence-corrected chi connectivity index (χ3v) is 2.91. The van der Waals surface area contributed by atoms with Crippen molar-refractivity contribution in [1.82, 2.24) is 0 Å². The number of anilines is 1. The molecule has 0 aromatic heterocycles. The maximum atomic E-state index is 12.3. The molecule has 0 heterocycles. The molecule has 5 nitrogen and oxygen atoms in total. The van der Waals surface area contributed by atoms with Gasteiger partial charge in [-0.15, -0.1) is 0 Å². The second kappa shape index (κ2) is 6.67. The molecule has 112 valence electrons. The minimum absolute atomic E-state index is 0.0867. The number of para-hydroxylation sites is 1. The largest absolute Gasteiger partial charge is 0.426 e. The van der Waals surface area contributed by atoms with Gasteiger partial charge in [0.15, 0.2) is 5.78 Å². The summed E-state index contributed by atoms with van der Waals surface area (Å²) in [6.45, 7) is 2.72. The van der Waals surface area contributed by atoms with E-state index in [2.05, 4.69) is 5.32 Å². The molecule has 0 fully saturated rings. The second-order valence-corrected chi connectivity index (χ2v) is 4.68. The van der Waals surface area contributed by atoms with Gasteiger partial charge in [-0.3, -0.25) is 14.4 Å². The number of rotatable bonds is 4. The van der Waals surface area contributed by atoms with Gasteiger partial charge >= 0.3 is 5.97 Å². The number of ketones is 1. The van der Waals surface area contributed by atoms with Gasteiger partial charge in [-0.05, 0) is 31.2 Å². The number of hydrogen-bond donors (Lipinski definition) is 1. The first-order valence-electron chi connectivity index (χ1n) is 6.67. The highest BCUT2D eigenvalue weighted by Crippen LogP contribution is 2.20. The number of nitrogens with one attached hydrogen (secondary N) is 1. The third kappa shape index (κ3) is 3.79. The van der Waals surface area contributed by atoms with Crippen molar-refractivity contribution in [2.45, 2.75) is 13.8 Å². The fourth-order valence-electron chi connectivity index (χ4n) is 1.91. The van der Waals surface area contributed by atoms with Gasteiger partial charge in [0, 0.05) is 18.2 Å². The lowest BCUT2D eigenvalue weighted by atomic mass is 10.1. The van der Waals surface area contributed by atoms with E-state index in [-0.39, 0.29) is 17.1 Å². The van der Waals surface area contributed by atoms with Crippen LogP contribution in [0.3, 0.4) is 0 Å². The molecule has 5 heteroatoms. The molecule has 0 atom stereocenters.